The standard InChI is InChI=1S/C20H29N3O2S2/c1-6-23-19(25)16-12(3)13(4)26-18(16)22-20(23)27-14(5)17(24)21-15-10-8-7-9-11(15)2/h11,14-15H,6-10H2,1-5H3,(H,21,24)/t11-,14+,15+/m0/s1. The summed E-state index contributed by atoms with van der Waals surface area (Å²) in [5.74, 6) is 0.564. The average Bonchev–Trinajstić information content (AvgIpc) is 2.91. The van der Waals surface area contributed by atoms with E-state index >= 15 is 0 Å². The van der Waals surface area contributed by atoms with Crippen molar-refractivity contribution in [3.8, 4) is 0 Å². The summed E-state index contributed by atoms with van der Waals surface area (Å²) in [6.45, 7) is 10.6. The first kappa shape index (κ1) is 20.4. The van der Waals surface area contributed by atoms with E-state index in [9.17, 15) is 9.59 Å². The first-order valence-corrected chi connectivity index (χ1v) is 11.5. The molecule has 5 nitrogen and oxygen atoms in total. The highest BCUT2D eigenvalue weighted by atomic mass is 32.2. The first-order valence-electron chi connectivity index (χ1n) is 9.81. The number of nitrogens with zero attached hydrogens (tertiary/aromatic N) is 2. The second kappa shape index (κ2) is 8.35. The fourth-order valence-corrected chi connectivity index (χ4v) is 5.77. The molecule has 2 heterocycles. The van der Waals surface area contributed by atoms with Gasteiger partial charge in [-0.25, -0.2) is 4.98 Å². The van der Waals surface area contributed by atoms with Gasteiger partial charge in [0.15, 0.2) is 5.16 Å². The monoisotopic (exact) mass is 407 g/mol. The Morgan fingerprint density at radius 3 is 2.74 bits per heavy atom. The Bertz CT molecular complexity index is 903. The molecular weight excluding hydrogens is 378 g/mol. The lowest BCUT2D eigenvalue weighted by atomic mass is 9.86. The maximum Gasteiger partial charge on any atom is 0.263 e. The smallest absolute Gasteiger partial charge is 0.263 e. The van der Waals surface area contributed by atoms with Gasteiger partial charge in [-0.15, -0.1) is 11.3 Å². The lowest BCUT2D eigenvalue weighted by Gasteiger charge is -2.30. The molecule has 0 bridgehead atoms. The van der Waals surface area contributed by atoms with E-state index < -0.39 is 0 Å². The third-order valence-corrected chi connectivity index (χ3v) is 7.85. The largest absolute Gasteiger partial charge is 0.352 e. The van der Waals surface area contributed by atoms with E-state index in [0.29, 0.717) is 17.6 Å². The summed E-state index contributed by atoms with van der Waals surface area (Å²) in [7, 11) is 0. The summed E-state index contributed by atoms with van der Waals surface area (Å²) in [4.78, 5) is 32.3. The zero-order chi connectivity index (χ0) is 19.7. The van der Waals surface area contributed by atoms with Crippen molar-refractivity contribution in [3.05, 3.63) is 20.8 Å². The summed E-state index contributed by atoms with van der Waals surface area (Å²) in [5, 5.41) is 4.28. The van der Waals surface area contributed by atoms with Crippen molar-refractivity contribution in [2.24, 2.45) is 5.92 Å². The Morgan fingerprint density at radius 1 is 1.37 bits per heavy atom. The van der Waals surface area contributed by atoms with E-state index in [1.807, 2.05) is 27.7 Å². The summed E-state index contributed by atoms with van der Waals surface area (Å²) in [6.07, 6.45) is 4.67. The lowest BCUT2D eigenvalue weighted by molar-refractivity contribution is -0.121. The maximum absolute atomic E-state index is 12.9. The fourth-order valence-electron chi connectivity index (χ4n) is 3.72. The van der Waals surface area contributed by atoms with E-state index in [-0.39, 0.29) is 22.8 Å². The molecule has 2 aromatic rings. The van der Waals surface area contributed by atoms with Crippen molar-refractivity contribution >= 4 is 39.2 Å². The van der Waals surface area contributed by atoms with Crippen LogP contribution in [-0.2, 0) is 11.3 Å². The normalized spacial score (nSPS) is 21.4. The molecule has 0 spiro atoms. The molecule has 2 aromatic heterocycles. The van der Waals surface area contributed by atoms with E-state index in [1.165, 1.54) is 31.0 Å². The third kappa shape index (κ3) is 4.09. The summed E-state index contributed by atoms with van der Waals surface area (Å²) in [6, 6.07) is 0.265. The molecular formula is C20H29N3O2S2. The zero-order valence-corrected chi connectivity index (χ0v) is 18.4. The van der Waals surface area contributed by atoms with E-state index in [4.69, 9.17) is 4.98 Å². The van der Waals surface area contributed by atoms with E-state index in [1.54, 1.807) is 15.9 Å². The molecule has 1 aliphatic rings. The molecule has 1 N–H and O–H groups in total. The number of hydrogen-bond donors (Lipinski definition) is 1. The number of thiophene rings is 1. The number of hydrogen-bond acceptors (Lipinski definition) is 5. The van der Waals surface area contributed by atoms with Crippen LogP contribution >= 0.6 is 23.1 Å². The van der Waals surface area contributed by atoms with Crippen LogP contribution in [0.4, 0.5) is 0 Å². The molecule has 0 aromatic carbocycles. The van der Waals surface area contributed by atoms with Crippen LogP contribution in [0.2, 0.25) is 0 Å². The van der Waals surface area contributed by atoms with Crippen molar-refractivity contribution in [1.82, 2.24) is 14.9 Å². The molecule has 148 valence electrons. The number of aryl methyl sites for hydroxylation is 2. The molecule has 1 saturated carbocycles. The minimum Gasteiger partial charge on any atom is -0.352 e. The maximum atomic E-state index is 12.9. The first-order chi connectivity index (χ1) is 12.8. The fraction of sp³-hybridized carbons (Fsp3) is 0.650. The van der Waals surface area contributed by atoms with Gasteiger partial charge in [0.25, 0.3) is 5.56 Å². The van der Waals surface area contributed by atoms with Crippen LogP contribution in [0.3, 0.4) is 0 Å². The molecule has 1 aliphatic carbocycles. The van der Waals surface area contributed by atoms with Crippen LogP contribution in [0.1, 0.15) is 56.9 Å². The van der Waals surface area contributed by atoms with Gasteiger partial charge in [-0.05, 0) is 52.0 Å². The van der Waals surface area contributed by atoms with Crippen molar-refractivity contribution in [2.45, 2.75) is 83.3 Å². The quantitative estimate of drug-likeness (QED) is 0.594. The minimum atomic E-state index is -0.288. The predicted molar refractivity (Wildman–Crippen MR) is 114 cm³/mol. The predicted octanol–water partition coefficient (Wildman–Crippen LogP) is 4.27. The van der Waals surface area contributed by atoms with Crippen molar-refractivity contribution in [2.75, 3.05) is 0 Å². The highest BCUT2D eigenvalue weighted by Crippen LogP contribution is 2.30. The van der Waals surface area contributed by atoms with Gasteiger partial charge in [0.05, 0.1) is 10.6 Å². The Labute approximate surface area is 169 Å². The number of aromatic nitrogens is 2. The van der Waals surface area contributed by atoms with E-state index in [2.05, 4.69) is 12.2 Å². The van der Waals surface area contributed by atoms with Gasteiger partial charge in [0.2, 0.25) is 5.91 Å². The number of thioether (sulfide) groups is 1. The number of nitrogens with one attached hydrogen (secondary N) is 1. The number of carbonyl (C=O) groups is 1. The summed E-state index contributed by atoms with van der Waals surface area (Å²) < 4.78 is 1.69. The highest BCUT2D eigenvalue weighted by Gasteiger charge is 2.26. The van der Waals surface area contributed by atoms with Crippen molar-refractivity contribution < 1.29 is 4.79 Å². The second-order valence-electron chi connectivity index (χ2n) is 7.54. The Balaban J connectivity index is 1.82. The number of fused-ring (bicyclic) bond motifs is 1. The van der Waals surface area contributed by atoms with Gasteiger partial charge in [0, 0.05) is 17.5 Å². The van der Waals surface area contributed by atoms with Gasteiger partial charge in [-0.2, -0.15) is 0 Å². The summed E-state index contributed by atoms with van der Waals surface area (Å²) >= 11 is 2.94. The minimum absolute atomic E-state index is 0.000334. The van der Waals surface area contributed by atoms with Crippen LogP contribution in [0.15, 0.2) is 9.95 Å². The van der Waals surface area contributed by atoms with Crippen LogP contribution in [0.5, 0.6) is 0 Å². The van der Waals surface area contributed by atoms with Crippen LogP contribution in [0.25, 0.3) is 10.2 Å². The molecule has 27 heavy (non-hydrogen) atoms. The SMILES string of the molecule is CCn1c(S[C@H](C)C(=O)N[C@@H]2CCCC[C@@H]2C)nc2sc(C)c(C)c2c1=O. The lowest BCUT2D eigenvalue weighted by Crippen LogP contribution is -2.44. The van der Waals surface area contributed by atoms with Gasteiger partial charge >= 0.3 is 0 Å². The Morgan fingerprint density at radius 2 is 2.07 bits per heavy atom. The molecule has 1 amide bonds. The van der Waals surface area contributed by atoms with Crippen molar-refractivity contribution in [3.63, 3.8) is 0 Å². The second-order valence-corrected chi connectivity index (χ2v) is 10.1. The topological polar surface area (TPSA) is 64.0 Å². The third-order valence-electron chi connectivity index (χ3n) is 5.66. The highest BCUT2D eigenvalue weighted by molar-refractivity contribution is 8.00. The number of carbonyl (C=O) groups excluding carboxylic acids is 1. The molecule has 1 fully saturated rings. The molecule has 0 aliphatic heterocycles. The molecule has 3 rings (SSSR count). The average molecular weight is 408 g/mol. The van der Waals surface area contributed by atoms with Crippen LogP contribution in [-0.4, -0.2) is 26.8 Å². The van der Waals surface area contributed by atoms with Gasteiger partial charge in [-0.1, -0.05) is 31.5 Å². The molecule has 3 atom stereocenters. The molecule has 0 unspecified atom stereocenters. The van der Waals surface area contributed by atoms with Crippen molar-refractivity contribution in [1.29, 1.82) is 0 Å². The van der Waals surface area contributed by atoms with Crippen LogP contribution in [0, 0.1) is 19.8 Å². The molecule has 0 saturated heterocycles. The van der Waals surface area contributed by atoms with Gasteiger partial charge in [0.1, 0.15) is 4.83 Å². The summed E-state index contributed by atoms with van der Waals surface area (Å²) in [5.41, 5.74) is 1.02. The zero-order valence-electron chi connectivity index (χ0n) is 16.8. The Hall–Kier alpha value is -1.34. The molecule has 0 radical (unpaired) electrons. The number of amides is 1. The Kier molecular flexibility index (Phi) is 6.31. The molecule has 7 heteroatoms. The van der Waals surface area contributed by atoms with Gasteiger partial charge < -0.3 is 5.32 Å². The van der Waals surface area contributed by atoms with E-state index in [0.717, 1.165) is 27.1 Å². The van der Waals surface area contributed by atoms with Gasteiger partial charge in [-0.3, -0.25) is 14.2 Å². The van der Waals surface area contributed by atoms with Crippen LogP contribution < -0.4 is 10.9 Å². The number of rotatable bonds is 5.